The van der Waals surface area contributed by atoms with Crippen molar-refractivity contribution < 1.29 is 19.9 Å². The number of nitrogens with zero attached hydrogens (tertiary/aromatic N) is 1. The first kappa shape index (κ1) is 19.4. The molecule has 1 aromatic carbocycles. The van der Waals surface area contributed by atoms with Crippen LogP contribution >= 0.6 is 12.2 Å². The average molecular weight is 393 g/mol. The SMILES string of the molecule is CC[C@H](C)n1c(O)c([C@@H]2[NH2+]CCc3cc(OC)c(OC)cc32)c(=O)[nH]c1=S. The molecule has 1 aliphatic heterocycles. The van der Waals surface area contributed by atoms with E-state index in [1.54, 1.807) is 18.8 Å². The van der Waals surface area contributed by atoms with Crippen LogP contribution in [0.2, 0.25) is 0 Å². The molecule has 1 aliphatic rings. The number of nitrogens with two attached hydrogens (primary N) is 1. The van der Waals surface area contributed by atoms with Gasteiger partial charge in [-0.2, -0.15) is 0 Å². The molecule has 3 rings (SSSR count). The summed E-state index contributed by atoms with van der Waals surface area (Å²) in [7, 11) is 3.18. The van der Waals surface area contributed by atoms with Crippen LogP contribution in [0.25, 0.3) is 0 Å². The summed E-state index contributed by atoms with van der Waals surface area (Å²) in [6.07, 6.45) is 1.62. The van der Waals surface area contributed by atoms with Crippen molar-refractivity contribution in [2.24, 2.45) is 0 Å². The first-order chi connectivity index (χ1) is 12.9. The molecule has 0 saturated carbocycles. The van der Waals surface area contributed by atoms with E-state index in [0.717, 1.165) is 30.5 Å². The van der Waals surface area contributed by atoms with Gasteiger partial charge in [-0.25, -0.2) is 0 Å². The Hall–Kier alpha value is -2.32. The Morgan fingerprint density at radius 3 is 2.67 bits per heavy atom. The second-order valence-corrected chi connectivity index (χ2v) is 7.17. The van der Waals surface area contributed by atoms with Crippen LogP contribution in [-0.4, -0.2) is 35.4 Å². The summed E-state index contributed by atoms with van der Waals surface area (Å²) in [6.45, 7) is 4.77. The summed E-state index contributed by atoms with van der Waals surface area (Å²) < 4.78 is 12.7. The van der Waals surface area contributed by atoms with Crippen LogP contribution < -0.4 is 20.3 Å². The Labute approximate surface area is 163 Å². The van der Waals surface area contributed by atoms with Gasteiger partial charge in [0, 0.05) is 18.0 Å². The van der Waals surface area contributed by atoms with Gasteiger partial charge in [0.2, 0.25) is 5.88 Å². The molecule has 0 saturated heterocycles. The van der Waals surface area contributed by atoms with E-state index in [-0.39, 0.29) is 28.3 Å². The molecule has 0 amide bonds. The number of benzene rings is 1. The molecule has 0 aliphatic carbocycles. The molecule has 0 bridgehead atoms. The van der Waals surface area contributed by atoms with Crippen molar-refractivity contribution in [2.45, 2.75) is 38.8 Å². The minimum absolute atomic E-state index is 0.0263. The standard InChI is InChI=1S/C19H25N3O4S/c1-5-10(2)22-18(24)15(17(23)21-19(22)27)16-12-9-14(26-4)13(25-3)8-11(12)6-7-20-16/h8-10,16,20,24H,5-7H2,1-4H3,(H,21,23,27)/p+1/t10-,16+/m0/s1. The van der Waals surface area contributed by atoms with E-state index in [9.17, 15) is 9.90 Å². The number of aromatic hydroxyl groups is 1. The van der Waals surface area contributed by atoms with E-state index < -0.39 is 0 Å². The minimum Gasteiger partial charge on any atom is -0.494 e. The molecule has 146 valence electrons. The molecule has 1 aromatic heterocycles. The highest BCUT2D eigenvalue weighted by molar-refractivity contribution is 7.71. The van der Waals surface area contributed by atoms with Gasteiger partial charge in [0.1, 0.15) is 11.6 Å². The molecule has 8 heteroatoms. The van der Waals surface area contributed by atoms with Crippen molar-refractivity contribution in [3.05, 3.63) is 43.9 Å². The molecule has 4 N–H and O–H groups in total. The molecule has 0 fully saturated rings. The number of nitrogens with one attached hydrogen (secondary N) is 1. The lowest BCUT2D eigenvalue weighted by Gasteiger charge is -2.27. The topological polar surface area (TPSA) is 93.1 Å². The summed E-state index contributed by atoms with van der Waals surface area (Å²) in [5.41, 5.74) is 1.97. The fraction of sp³-hybridized carbons (Fsp3) is 0.474. The average Bonchev–Trinajstić information content (AvgIpc) is 2.66. The lowest BCUT2D eigenvalue weighted by atomic mass is 9.90. The van der Waals surface area contributed by atoms with Gasteiger partial charge in [0.25, 0.3) is 5.56 Å². The fourth-order valence-electron chi connectivity index (χ4n) is 3.67. The minimum atomic E-state index is -0.360. The first-order valence-electron chi connectivity index (χ1n) is 9.08. The maximum atomic E-state index is 12.7. The van der Waals surface area contributed by atoms with Gasteiger partial charge in [-0.15, -0.1) is 0 Å². The monoisotopic (exact) mass is 392 g/mol. The van der Waals surface area contributed by atoms with Crippen LogP contribution in [0.3, 0.4) is 0 Å². The number of rotatable bonds is 5. The number of ether oxygens (including phenoxy) is 2. The number of quaternary nitrogens is 1. The van der Waals surface area contributed by atoms with Gasteiger partial charge in [0.05, 0.1) is 20.8 Å². The van der Waals surface area contributed by atoms with Crippen LogP contribution in [0.5, 0.6) is 17.4 Å². The Kier molecular flexibility index (Phi) is 5.57. The predicted octanol–water partition coefficient (Wildman–Crippen LogP) is 1.81. The molecule has 7 nitrogen and oxygen atoms in total. The van der Waals surface area contributed by atoms with E-state index in [4.69, 9.17) is 21.7 Å². The molecular weight excluding hydrogens is 366 g/mol. The molecule has 2 atom stereocenters. The van der Waals surface area contributed by atoms with Gasteiger partial charge in [-0.1, -0.05) is 6.92 Å². The second-order valence-electron chi connectivity index (χ2n) is 6.78. The Morgan fingerprint density at radius 2 is 2.04 bits per heavy atom. The van der Waals surface area contributed by atoms with Crippen molar-refractivity contribution in [2.75, 3.05) is 20.8 Å². The fourth-order valence-corrected chi connectivity index (χ4v) is 4.03. The summed E-state index contributed by atoms with van der Waals surface area (Å²) in [4.78, 5) is 15.5. The first-order valence-corrected chi connectivity index (χ1v) is 9.49. The molecule has 2 heterocycles. The van der Waals surface area contributed by atoms with E-state index in [1.165, 1.54) is 0 Å². The lowest BCUT2D eigenvalue weighted by Crippen LogP contribution is -2.87. The van der Waals surface area contributed by atoms with Gasteiger partial charge < -0.3 is 19.9 Å². The van der Waals surface area contributed by atoms with Crippen molar-refractivity contribution in [1.29, 1.82) is 0 Å². The summed E-state index contributed by atoms with van der Waals surface area (Å²) in [6, 6.07) is 3.47. The van der Waals surface area contributed by atoms with Gasteiger partial charge in [-0.3, -0.25) is 14.3 Å². The zero-order chi connectivity index (χ0) is 19.7. The molecule has 2 aromatic rings. The predicted molar refractivity (Wildman–Crippen MR) is 104 cm³/mol. The van der Waals surface area contributed by atoms with Crippen LogP contribution in [-0.2, 0) is 6.42 Å². The van der Waals surface area contributed by atoms with Crippen molar-refractivity contribution in [3.63, 3.8) is 0 Å². The smallest absolute Gasteiger partial charge is 0.265 e. The largest absolute Gasteiger partial charge is 0.494 e. The summed E-state index contributed by atoms with van der Waals surface area (Å²) in [5.74, 6) is 1.19. The van der Waals surface area contributed by atoms with Crippen molar-refractivity contribution in [1.82, 2.24) is 9.55 Å². The highest BCUT2D eigenvalue weighted by Crippen LogP contribution is 2.36. The summed E-state index contributed by atoms with van der Waals surface area (Å²) >= 11 is 5.28. The molecule has 0 unspecified atom stereocenters. The third kappa shape index (κ3) is 3.35. The third-order valence-electron chi connectivity index (χ3n) is 5.29. The van der Waals surface area contributed by atoms with Crippen LogP contribution in [0.4, 0.5) is 0 Å². The molecule has 27 heavy (non-hydrogen) atoms. The number of hydrogen-bond donors (Lipinski definition) is 3. The number of fused-ring (bicyclic) bond motifs is 1. The van der Waals surface area contributed by atoms with E-state index in [0.29, 0.717) is 17.1 Å². The zero-order valence-electron chi connectivity index (χ0n) is 16.0. The zero-order valence-corrected chi connectivity index (χ0v) is 16.9. The maximum Gasteiger partial charge on any atom is 0.265 e. The quantitative estimate of drug-likeness (QED) is 0.675. The van der Waals surface area contributed by atoms with Crippen LogP contribution in [0.1, 0.15) is 49.0 Å². The Bertz CT molecular complexity index is 967. The van der Waals surface area contributed by atoms with E-state index >= 15 is 0 Å². The Balaban J connectivity index is 2.23. The molecular formula is C19H26N3O4S+. The van der Waals surface area contributed by atoms with Crippen molar-refractivity contribution in [3.8, 4) is 17.4 Å². The number of aromatic amines is 1. The highest BCUT2D eigenvalue weighted by Gasteiger charge is 2.33. The van der Waals surface area contributed by atoms with Gasteiger partial charge in [0.15, 0.2) is 16.3 Å². The molecule has 0 spiro atoms. The van der Waals surface area contributed by atoms with Crippen LogP contribution in [0, 0.1) is 4.77 Å². The number of H-pyrrole nitrogens is 1. The summed E-state index contributed by atoms with van der Waals surface area (Å²) in [5, 5.41) is 13.0. The normalized spacial score (nSPS) is 17.3. The molecule has 0 radical (unpaired) electrons. The lowest BCUT2D eigenvalue weighted by molar-refractivity contribution is -0.690. The maximum absolute atomic E-state index is 12.7. The van der Waals surface area contributed by atoms with Crippen molar-refractivity contribution >= 4 is 12.2 Å². The number of aromatic nitrogens is 2. The highest BCUT2D eigenvalue weighted by atomic mass is 32.1. The van der Waals surface area contributed by atoms with Gasteiger partial charge in [-0.05, 0) is 43.3 Å². The van der Waals surface area contributed by atoms with E-state index in [1.807, 2.05) is 26.0 Å². The number of methoxy groups -OCH3 is 2. The third-order valence-corrected chi connectivity index (χ3v) is 5.59. The van der Waals surface area contributed by atoms with Gasteiger partial charge >= 0.3 is 0 Å². The second kappa shape index (κ2) is 7.74. The van der Waals surface area contributed by atoms with E-state index in [2.05, 4.69) is 10.3 Å². The number of hydrogen-bond acceptors (Lipinski definition) is 5. The Morgan fingerprint density at radius 1 is 1.37 bits per heavy atom. The van der Waals surface area contributed by atoms with Crippen LogP contribution in [0.15, 0.2) is 16.9 Å².